The summed E-state index contributed by atoms with van der Waals surface area (Å²) < 4.78 is 13.4. The van der Waals surface area contributed by atoms with Crippen molar-refractivity contribution in [3.05, 3.63) is 12.2 Å². The lowest BCUT2D eigenvalue weighted by Gasteiger charge is -2.27. The van der Waals surface area contributed by atoms with Crippen LogP contribution in [0.1, 0.15) is 20.8 Å². The first-order chi connectivity index (χ1) is 9.48. The molecule has 2 bridgehead atoms. The minimum atomic E-state index is -2.18. The highest BCUT2D eigenvalue weighted by Crippen LogP contribution is 2.42. The first-order valence-corrected chi connectivity index (χ1v) is 7.47. The Balaban J connectivity index is 2.17. The van der Waals surface area contributed by atoms with E-state index in [0.29, 0.717) is 0 Å². The standard InChI is InChI=1S/C13H15Cl3O5/c1-12(2,3)20-10(17)8-6-4-5-7(19-6)9(8)11(18)21-13(14,15)16/h4-9H,1-3H3. The summed E-state index contributed by atoms with van der Waals surface area (Å²) in [6.45, 7) is 5.22. The maximum Gasteiger partial charge on any atom is 0.340 e. The van der Waals surface area contributed by atoms with Crippen LogP contribution in [0.4, 0.5) is 0 Å². The summed E-state index contributed by atoms with van der Waals surface area (Å²) in [6, 6.07) is 0. The van der Waals surface area contributed by atoms with Gasteiger partial charge in [0.1, 0.15) is 17.4 Å². The predicted molar refractivity (Wildman–Crippen MR) is 77.0 cm³/mol. The Morgan fingerprint density at radius 1 is 0.952 bits per heavy atom. The zero-order chi connectivity index (χ0) is 16.0. The average Bonchev–Trinajstić information content (AvgIpc) is 2.82. The van der Waals surface area contributed by atoms with Crippen LogP contribution in [0.5, 0.6) is 0 Å². The molecule has 21 heavy (non-hydrogen) atoms. The SMILES string of the molecule is CC(C)(C)OC(=O)C1C2C=CC(O2)C1C(=O)OC(Cl)(Cl)Cl. The molecule has 0 aromatic carbocycles. The van der Waals surface area contributed by atoms with Gasteiger partial charge in [-0.05, 0) is 55.6 Å². The van der Waals surface area contributed by atoms with Crippen molar-refractivity contribution < 1.29 is 23.8 Å². The monoisotopic (exact) mass is 356 g/mol. The highest BCUT2D eigenvalue weighted by Gasteiger charge is 2.55. The Hall–Kier alpha value is -0.490. The van der Waals surface area contributed by atoms with Gasteiger partial charge >= 0.3 is 15.9 Å². The number of carbonyl (C=O) groups excluding carboxylic acids is 2. The van der Waals surface area contributed by atoms with Crippen LogP contribution in [0.2, 0.25) is 0 Å². The van der Waals surface area contributed by atoms with Gasteiger partial charge in [-0.15, -0.1) is 0 Å². The summed E-state index contributed by atoms with van der Waals surface area (Å²) in [4.78, 5) is 24.4. The minimum Gasteiger partial charge on any atom is -0.460 e. The number of alkyl halides is 3. The van der Waals surface area contributed by atoms with Gasteiger partial charge in [-0.1, -0.05) is 12.2 Å². The van der Waals surface area contributed by atoms with E-state index >= 15 is 0 Å². The fraction of sp³-hybridized carbons (Fsp3) is 0.692. The average molecular weight is 358 g/mol. The van der Waals surface area contributed by atoms with Crippen molar-refractivity contribution in [3.8, 4) is 0 Å². The summed E-state index contributed by atoms with van der Waals surface area (Å²) in [6.07, 6.45) is 2.30. The molecule has 0 radical (unpaired) electrons. The highest BCUT2D eigenvalue weighted by molar-refractivity contribution is 6.66. The molecule has 0 amide bonds. The second-order valence-corrected chi connectivity index (χ2v) is 8.08. The lowest BCUT2D eigenvalue weighted by atomic mass is 9.83. The van der Waals surface area contributed by atoms with Crippen LogP contribution in [-0.4, -0.2) is 33.7 Å². The van der Waals surface area contributed by atoms with Crippen LogP contribution >= 0.6 is 34.8 Å². The van der Waals surface area contributed by atoms with E-state index in [2.05, 4.69) is 0 Å². The predicted octanol–water partition coefficient (Wildman–Crippen LogP) is 2.77. The molecule has 2 aliphatic rings. The zero-order valence-electron chi connectivity index (χ0n) is 11.6. The molecule has 2 rings (SSSR count). The Labute approximate surface area is 137 Å². The van der Waals surface area contributed by atoms with Gasteiger partial charge in [0.15, 0.2) is 0 Å². The van der Waals surface area contributed by atoms with Crippen LogP contribution in [0.3, 0.4) is 0 Å². The fourth-order valence-electron chi connectivity index (χ4n) is 2.42. The largest absolute Gasteiger partial charge is 0.460 e. The number of esters is 2. The fourth-order valence-corrected chi connectivity index (χ4v) is 2.65. The van der Waals surface area contributed by atoms with Gasteiger partial charge in [-0.3, -0.25) is 9.59 Å². The van der Waals surface area contributed by atoms with Crippen molar-refractivity contribution in [2.24, 2.45) is 11.8 Å². The molecular formula is C13H15Cl3O5. The van der Waals surface area contributed by atoms with Crippen LogP contribution in [0.15, 0.2) is 12.2 Å². The molecule has 0 N–H and O–H groups in total. The Kier molecular flexibility index (Phi) is 4.51. The van der Waals surface area contributed by atoms with E-state index in [9.17, 15) is 9.59 Å². The summed E-state index contributed by atoms with van der Waals surface area (Å²) >= 11 is 16.4. The Morgan fingerprint density at radius 3 is 1.76 bits per heavy atom. The third-order valence-corrected chi connectivity index (χ3v) is 3.30. The van der Waals surface area contributed by atoms with E-state index in [1.165, 1.54) is 0 Å². The summed E-state index contributed by atoms with van der Waals surface area (Å²) in [5.41, 5.74) is -0.674. The van der Waals surface area contributed by atoms with Crippen LogP contribution < -0.4 is 0 Å². The second kappa shape index (κ2) is 5.61. The van der Waals surface area contributed by atoms with Gasteiger partial charge in [0.2, 0.25) is 0 Å². The lowest BCUT2D eigenvalue weighted by Crippen LogP contribution is -2.41. The Bertz CT molecular complexity index is 435. The molecule has 0 spiro atoms. The molecule has 0 aromatic rings. The van der Waals surface area contributed by atoms with E-state index in [0.717, 1.165) is 0 Å². The van der Waals surface area contributed by atoms with Crippen LogP contribution in [-0.2, 0) is 23.8 Å². The van der Waals surface area contributed by atoms with Crippen molar-refractivity contribution in [1.82, 2.24) is 0 Å². The maximum atomic E-state index is 12.3. The van der Waals surface area contributed by atoms with Crippen LogP contribution in [0, 0.1) is 11.8 Å². The van der Waals surface area contributed by atoms with Gasteiger partial charge in [0.25, 0.3) is 0 Å². The zero-order valence-corrected chi connectivity index (χ0v) is 13.9. The van der Waals surface area contributed by atoms with E-state index in [-0.39, 0.29) is 0 Å². The molecule has 0 saturated carbocycles. The minimum absolute atomic E-state index is 0.530. The molecule has 4 unspecified atom stereocenters. The van der Waals surface area contributed by atoms with Crippen molar-refractivity contribution in [3.63, 3.8) is 0 Å². The molecule has 0 aliphatic carbocycles. The summed E-state index contributed by atoms with van der Waals surface area (Å²) in [7, 11) is 0. The number of carbonyl (C=O) groups is 2. The van der Waals surface area contributed by atoms with E-state index < -0.39 is 45.6 Å². The summed E-state index contributed by atoms with van der Waals surface area (Å²) in [5.74, 6) is -3.03. The molecule has 1 saturated heterocycles. The molecular weight excluding hydrogens is 342 g/mol. The van der Waals surface area contributed by atoms with Crippen LogP contribution in [0.25, 0.3) is 0 Å². The molecule has 5 nitrogen and oxygen atoms in total. The first-order valence-electron chi connectivity index (χ1n) is 6.34. The van der Waals surface area contributed by atoms with Gasteiger partial charge in [0.05, 0.1) is 12.2 Å². The molecule has 2 aliphatic heterocycles. The first kappa shape index (κ1) is 16.9. The van der Waals surface area contributed by atoms with E-state index in [1.54, 1.807) is 32.9 Å². The van der Waals surface area contributed by atoms with Gasteiger partial charge in [0, 0.05) is 0 Å². The van der Waals surface area contributed by atoms with Gasteiger partial charge in [-0.2, -0.15) is 0 Å². The van der Waals surface area contributed by atoms with Crippen molar-refractivity contribution in [1.29, 1.82) is 0 Å². The lowest BCUT2D eigenvalue weighted by molar-refractivity contribution is -0.167. The van der Waals surface area contributed by atoms with E-state index in [4.69, 9.17) is 49.0 Å². The number of hydrogen-bond donors (Lipinski definition) is 0. The van der Waals surface area contributed by atoms with E-state index in [1.807, 2.05) is 0 Å². The van der Waals surface area contributed by atoms with Crippen molar-refractivity contribution in [2.45, 2.75) is 42.6 Å². The number of ether oxygens (including phenoxy) is 3. The third-order valence-electron chi connectivity index (χ3n) is 3.07. The smallest absolute Gasteiger partial charge is 0.340 e. The highest BCUT2D eigenvalue weighted by atomic mass is 35.6. The topological polar surface area (TPSA) is 61.8 Å². The second-order valence-electron chi connectivity index (χ2n) is 5.90. The summed E-state index contributed by atoms with van der Waals surface area (Å²) in [5, 5.41) is 0. The molecule has 118 valence electrons. The number of rotatable bonds is 2. The van der Waals surface area contributed by atoms with Crippen molar-refractivity contribution >= 4 is 46.7 Å². The molecule has 1 fully saturated rings. The third kappa shape index (κ3) is 4.03. The van der Waals surface area contributed by atoms with Gasteiger partial charge < -0.3 is 14.2 Å². The van der Waals surface area contributed by atoms with Crippen molar-refractivity contribution in [2.75, 3.05) is 0 Å². The number of fused-ring (bicyclic) bond motifs is 2. The Morgan fingerprint density at radius 2 is 1.38 bits per heavy atom. The normalized spacial score (nSPS) is 31.3. The molecule has 0 aromatic heterocycles. The quantitative estimate of drug-likeness (QED) is 0.432. The number of hydrogen-bond acceptors (Lipinski definition) is 5. The molecule has 2 heterocycles. The maximum absolute atomic E-state index is 12.3. The molecule has 8 heteroatoms. The molecule has 4 atom stereocenters. The number of halogens is 3. The van der Waals surface area contributed by atoms with Gasteiger partial charge in [-0.25, -0.2) is 0 Å².